The Balaban J connectivity index is 1.97. The molecule has 0 aromatic carbocycles. The van der Waals surface area contributed by atoms with E-state index in [0.717, 1.165) is 16.3 Å². The van der Waals surface area contributed by atoms with Gasteiger partial charge in [0.1, 0.15) is 10.7 Å². The Hall–Kier alpha value is -1.23. The van der Waals surface area contributed by atoms with Crippen molar-refractivity contribution >= 4 is 22.6 Å². The molecular formula is C11H13N3OS. The number of fused-ring (bicyclic) bond motifs is 1. The normalized spacial score (nSPS) is 18.0. The van der Waals surface area contributed by atoms with Crippen molar-refractivity contribution < 1.29 is 4.79 Å². The highest BCUT2D eigenvalue weighted by atomic mass is 32.1. The Labute approximate surface area is 97.3 Å². The first-order valence-corrected chi connectivity index (χ1v) is 6.50. The predicted molar refractivity (Wildman–Crippen MR) is 62.1 cm³/mol. The topological polar surface area (TPSA) is 47.3 Å². The minimum atomic E-state index is 0.549. The van der Waals surface area contributed by atoms with Crippen LogP contribution in [0.3, 0.4) is 0 Å². The van der Waals surface area contributed by atoms with Crippen molar-refractivity contribution in [2.45, 2.75) is 38.0 Å². The summed E-state index contributed by atoms with van der Waals surface area (Å²) in [4.78, 5) is 15.8. The van der Waals surface area contributed by atoms with Gasteiger partial charge in [-0.15, -0.1) is 0 Å². The van der Waals surface area contributed by atoms with Crippen molar-refractivity contribution in [3.8, 4) is 0 Å². The molecule has 3 rings (SSSR count). The Morgan fingerprint density at radius 2 is 2.19 bits per heavy atom. The quantitative estimate of drug-likeness (QED) is 0.752. The van der Waals surface area contributed by atoms with Gasteiger partial charge in [0.25, 0.3) is 0 Å². The number of aldehydes is 1. The van der Waals surface area contributed by atoms with Gasteiger partial charge in [-0.3, -0.25) is 4.79 Å². The van der Waals surface area contributed by atoms with Crippen molar-refractivity contribution in [1.82, 2.24) is 14.6 Å². The van der Waals surface area contributed by atoms with E-state index in [1.54, 1.807) is 22.0 Å². The van der Waals surface area contributed by atoms with E-state index in [4.69, 9.17) is 0 Å². The van der Waals surface area contributed by atoms with Crippen LogP contribution >= 0.6 is 11.3 Å². The third-order valence-corrected chi connectivity index (χ3v) is 4.29. The van der Waals surface area contributed by atoms with E-state index >= 15 is 0 Å². The average molecular weight is 235 g/mol. The van der Waals surface area contributed by atoms with Crippen LogP contribution < -0.4 is 0 Å². The lowest BCUT2D eigenvalue weighted by atomic mass is 9.90. The molecule has 0 atom stereocenters. The van der Waals surface area contributed by atoms with E-state index in [2.05, 4.69) is 10.1 Å². The summed E-state index contributed by atoms with van der Waals surface area (Å²) < 4.78 is 1.67. The zero-order chi connectivity index (χ0) is 11.0. The van der Waals surface area contributed by atoms with Crippen molar-refractivity contribution in [2.75, 3.05) is 0 Å². The molecule has 1 fully saturated rings. The molecule has 1 aliphatic rings. The first-order chi connectivity index (χ1) is 7.88. The van der Waals surface area contributed by atoms with Crippen LogP contribution in [0, 0.1) is 0 Å². The summed E-state index contributed by atoms with van der Waals surface area (Å²) in [5.41, 5.74) is 0.549. The summed E-state index contributed by atoms with van der Waals surface area (Å²) >= 11 is 1.62. The lowest BCUT2D eigenvalue weighted by molar-refractivity contribution is 0.111. The zero-order valence-corrected chi connectivity index (χ0v) is 9.74. The minimum Gasteiger partial charge on any atom is -0.296 e. The third kappa shape index (κ3) is 1.55. The molecule has 0 radical (unpaired) electrons. The number of nitrogens with zero attached hydrogens (tertiary/aromatic N) is 3. The Kier molecular flexibility index (Phi) is 2.47. The summed E-state index contributed by atoms with van der Waals surface area (Å²) in [5, 5.41) is 5.65. The molecule has 1 aliphatic carbocycles. The van der Waals surface area contributed by atoms with Crippen LogP contribution in [-0.2, 0) is 0 Å². The lowest BCUT2D eigenvalue weighted by Crippen LogP contribution is -2.05. The second kappa shape index (κ2) is 3.97. The smallest absolute Gasteiger partial charge is 0.212 e. The van der Waals surface area contributed by atoms with Crippen LogP contribution in [-0.4, -0.2) is 20.9 Å². The molecule has 0 aliphatic heterocycles. The lowest BCUT2D eigenvalue weighted by Gasteiger charge is -2.18. The standard InChI is InChI=1S/C11H13N3OS/c15-7-9-6-12-11-14(9)13-10(16-11)8-4-2-1-3-5-8/h6-8H,1-5H2. The number of rotatable bonds is 2. The summed E-state index contributed by atoms with van der Waals surface area (Å²) in [5.74, 6) is 0.583. The molecule has 4 nitrogen and oxygen atoms in total. The summed E-state index contributed by atoms with van der Waals surface area (Å²) in [6.45, 7) is 0. The van der Waals surface area contributed by atoms with Gasteiger partial charge in [0.05, 0.1) is 6.20 Å². The first kappa shape index (κ1) is 9.96. The van der Waals surface area contributed by atoms with Gasteiger partial charge in [-0.25, -0.2) is 9.50 Å². The fourth-order valence-electron chi connectivity index (χ4n) is 2.32. The number of carbonyl (C=O) groups excluding carboxylic acids is 1. The van der Waals surface area contributed by atoms with Crippen LogP contribution in [0.4, 0.5) is 0 Å². The maximum Gasteiger partial charge on any atom is 0.212 e. The largest absolute Gasteiger partial charge is 0.296 e. The molecule has 0 unspecified atom stereocenters. The first-order valence-electron chi connectivity index (χ1n) is 5.68. The van der Waals surface area contributed by atoms with Gasteiger partial charge in [-0.05, 0) is 12.8 Å². The van der Waals surface area contributed by atoms with Gasteiger partial charge in [0.15, 0.2) is 6.29 Å². The molecule has 16 heavy (non-hydrogen) atoms. The number of aromatic nitrogens is 3. The van der Waals surface area contributed by atoms with E-state index < -0.39 is 0 Å². The van der Waals surface area contributed by atoms with E-state index in [9.17, 15) is 4.79 Å². The molecule has 0 saturated heterocycles. The molecule has 84 valence electrons. The number of carbonyl (C=O) groups is 1. The number of imidazole rings is 1. The zero-order valence-electron chi connectivity index (χ0n) is 8.93. The monoisotopic (exact) mass is 235 g/mol. The van der Waals surface area contributed by atoms with Gasteiger partial charge < -0.3 is 0 Å². The Morgan fingerprint density at radius 1 is 1.38 bits per heavy atom. The molecule has 2 aromatic rings. The molecule has 0 amide bonds. The molecular weight excluding hydrogens is 222 g/mol. The minimum absolute atomic E-state index is 0.549. The molecule has 0 spiro atoms. The molecule has 1 saturated carbocycles. The average Bonchev–Trinajstić information content (AvgIpc) is 2.89. The molecule has 2 heterocycles. The Morgan fingerprint density at radius 3 is 2.94 bits per heavy atom. The fraction of sp³-hybridized carbons (Fsp3) is 0.545. The SMILES string of the molecule is O=Cc1cnc2sc(C3CCCCC3)nn12. The highest BCUT2D eigenvalue weighted by Crippen LogP contribution is 2.34. The highest BCUT2D eigenvalue weighted by Gasteiger charge is 2.20. The van der Waals surface area contributed by atoms with Crippen LogP contribution in [0.15, 0.2) is 6.20 Å². The second-order valence-corrected chi connectivity index (χ2v) is 5.26. The molecule has 0 bridgehead atoms. The molecule has 0 N–H and O–H groups in total. The van der Waals surface area contributed by atoms with Crippen LogP contribution in [0.25, 0.3) is 4.96 Å². The van der Waals surface area contributed by atoms with E-state index in [1.165, 1.54) is 32.1 Å². The van der Waals surface area contributed by atoms with Crippen LogP contribution in [0.2, 0.25) is 0 Å². The van der Waals surface area contributed by atoms with E-state index in [0.29, 0.717) is 11.6 Å². The van der Waals surface area contributed by atoms with Crippen molar-refractivity contribution in [1.29, 1.82) is 0 Å². The maximum absolute atomic E-state index is 10.8. The summed E-state index contributed by atoms with van der Waals surface area (Å²) in [6.07, 6.45) is 8.79. The van der Waals surface area contributed by atoms with Gasteiger partial charge in [0, 0.05) is 5.92 Å². The fourth-order valence-corrected chi connectivity index (χ4v) is 3.37. The van der Waals surface area contributed by atoms with Gasteiger partial charge in [-0.2, -0.15) is 5.10 Å². The van der Waals surface area contributed by atoms with E-state index in [-0.39, 0.29) is 0 Å². The van der Waals surface area contributed by atoms with Crippen molar-refractivity contribution in [2.24, 2.45) is 0 Å². The van der Waals surface area contributed by atoms with Gasteiger partial charge >= 0.3 is 0 Å². The van der Waals surface area contributed by atoms with Crippen molar-refractivity contribution in [3.63, 3.8) is 0 Å². The maximum atomic E-state index is 10.8. The molecule has 5 heteroatoms. The van der Waals surface area contributed by atoms with E-state index in [1.807, 2.05) is 0 Å². The van der Waals surface area contributed by atoms with Crippen LogP contribution in [0.1, 0.15) is 53.5 Å². The summed E-state index contributed by atoms with van der Waals surface area (Å²) in [7, 11) is 0. The van der Waals surface area contributed by atoms with Gasteiger partial charge in [0.2, 0.25) is 4.96 Å². The Bertz CT molecular complexity index is 510. The predicted octanol–water partition coefficient (Wildman–Crippen LogP) is 2.65. The van der Waals surface area contributed by atoms with Crippen LogP contribution in [0.5, 0.6) is 0 Å². The third-order valence-electron chi connectivity index (χ3n) is 3.20. The number of hydrogen-bond donors (Lipinski definition) is 0. The van der Waals surface area contributed by atoms with Gasteiger partial charge in [-0.1, -0.05) is 30.6 Å². The second-order valence-electron chi connectivity index (χ2n) is 4.27. The molecule has 2 aromatic heterocycles. The highest BCUT2D eigenvalue weighted by molar-refractivity contribution is 7.16. The summed E-state index contributed by atoms with van der Waals surface area (Å²) in [6, 6.07) is 0. The van der Waals surface area contributed by atoms with Crippen molar-refractivity contribution in [3.05, 3.63) is 16.9 Å². The number of hydrogen-bond acceptors (Lipinski definition) is 4.